The van der Waals surface area contributed by atoms with Crippen molar-refractivity contribution in [1.29, 1.82) is 0 Å². The number of piperazine rings is 1. The lowest BCUT2D eigenvalue weighted by molar-refractivity contribution is -0.0000145. The molecule has 1 aromatic carbocycles. The summed E-state index contributed by atoms with van der Waals surface area (Å²) in [6.45, 7) is 3.51. The summed E-state index contributed by atoms with van der Waals surface area (Å²) in [4.78, 5) is 16.3. The highest BCUT2D eigenvalue weighted by molar-refractivity contribution is 5.94. The molecule has 1 aliphatic heterocycles. The van der Waals surface area contributed by atoms with Crippen molar-refractivity contribution in [3.05, 3.63) is 29.8 Å². The van der Waals surface area contributed by atoms with Crippen LogP contribution in [-0.2, 0) is 0 Å². The molecule has 1 fully saturated rings. The summed E-state index contributed by atoms with van der Waals surface area (Å²) in [5, 5.41) is 0. The Balaban J connectivity index is 0.00000162. The van der Waals surface area contributed by atoms with Gasteiger partial charge in [-0.1, -0.05) is 0 Å². The molecule has 5 heteroatoms. The molecule has 0 unspecified atom stereocenters. The van der Waals surface area contributed by atoms with E-state index in [2.05, 4.69) is 11.9 Å². The molecule has 100 valence electrons. The number of carbonyl (C=O) groups excluding carboxylic acids is 1. The molecule has 0 N–H and O–H groups in total. The second-order valence-corrected chi connectivity index (χ2v) is 4.32. The standard InChI is InChI=1S/C13H18N2O2.ClH/c1-14-7-9-15(10-8-14)13(16)11-3-5-12(17-2)6-4-11;/h3-6H,7-10H2,1-2H3;1H/p-1. The number of carbonyl (C=O) groups is 1. The molecular formula is C13H18ClN2O2-. The molecule has 1 heterocycles. The van der Waals surface area contributed by atoms with Gasteiger partial charge in [-0.05, 0) is 31.3 Å². The number of hydrogen-bond acceptors (Lipinski definition) is 3. The Morgan fingerprint density at radius 3 is 2.17 bits per heavy atom. The van der Waals surface area contributed by atoms with Gasteiger partial charge < -0.3 is 26.9 Å². The maximum absolute atomic E-state index is 12.2. The van der Waals surface area contributed by atoms with Crippen molar-refractivity contribution in [2.24, 2.45) is 0 Å². The predicted molar refractivity (Wildman–Crippen MR) is 66.4 cm³/mol. The molecule has 18 heavy (non-hydrogen) atoms. The fourth-order valence-electron chi connectivity index (χ4n) is 1.93. The topological polar surface area (TPSA) is 32.8 Å². The van der Waals surface area contributed by atoms with Crippen molar-refractivity contribution in [2.75, 3.05) is 40.3 Å². The van der Waals surface area contributed by atoms with E-state index >= 15 is 0 Å². The van der Waals surface area contributed by atoms with Crippen molar-refractivity contribution < 1.29 is 21.9 Å². The Hall–Kier alpha value is -1.26. The summed E-state index contributed by atoms with van der Waals surface area (Å²) in [6, 6.07) is 7.28. The van der Waals surface area contributed by atoms with E-state index in [4.69, 9.17) is 4.74 Å². The van der Waals surface area contributed by atoms with E-state index in [1.807, 2.05) is 29.2 Å². The molecule has 0 aliphatic carbocycles. The molecular weight excluding hydrogens is 252 g/mol. The lowest BCUT2D eigenvalue weighted by atomic mass is 10.1. The molecule has 1 aromatic rings. The first-order valence-corrected chi connectivity index (χ1v) is 5.82. The minimum Gasteiger partial charge on any atom is -1.00 e. The van der Waals surface area contributed by atoms with Gasteiger partial charge in [0, 0.05) is 31.7 Å². The SMILES string of the molecule is COc1ccc(C(=O)N2CCN(C)CC2)cc1.[Cl-]. The van der Waals surface area contributed by atoms with E-state index in [-0.39, 0.29) is 18.3 Å². The van der Waals surface area contributed by atoms with Gasteiger partial charge in [-0.25, -0.2) is 0 Å². The third kappa shape index (κ3) is 3.37. The summed E-state index contributed by atoms with van der Waals surface area (Å²) in [5.74, 6) is 0.890. The Morgan fingerprint density at radius 1 is 1.11 bits per heavy atom. The Labute approximate surface area is 114 Å². The maximum atomic E-state index is 12.2. The van der Waals surface area contributed by atoms with Gasteiger partial charge >= 0.3 is 0 Å². The molecule has 0 bridgehead atoms. The normalized spacial score (nSPS) is 16.0. The van der Waals surface area contributed by atoms with Crippen LogP contribution in [0, 0.1) is 0 Å². The Morgan fingerprint density at radius 2 is 1.67 bits per heavy atom. The summed E-state index contributed by atoms with van der Waals surface area (Å²) >= 11 is 0. The molecule has 1 aliphatic rings. The van der Waals surface area contributed by atoms with Crippen molar-refractivity contribution in [3.63, 3.8) is 0 Å². The third-order valence-corrected chi connectivity index (χ3v) is 3.13. The fraction of sp³-hybridized carbons (Fsp3) is 0.462. The third-order valence-electron chi connectivity index (χ3n) is 3.13. The van der Waals surface area contributed by atoms with Gasteiger partial charge in [0.05, 0.1) is 7.11 Å². The van der Waals surface area contributed by atoms with E-state index < -0.39 is 0 Å². The van der Waals surface area contributed by atoms with Crippen LogP contribution < -0.4 is 17.1 Å². The highest BCUT2D eigenvalue weighted by Gasteiger charge is 2.19. The van der Waals surface area contributed by atoms with Crippen molar-refractivity contribution >= 4 is 5.91 Å². The van der Waals surface area contributed by atoms with Gasteiger partial charge in [-0.15, -0.1) is 0 Å². The summed E-state index contributed by atoms with van der Waals surface area (Å²) in [6.07, 6.45) is 0. The average molecular weight is 270 g/mol. The minimum atomic E-state index is 0. The van der Waals surface area contributed by atoms with E-state index in [0.717, 1.165) is 37.5 Å². The predicted octanol–water partition coefficient (Wildman–Crippen LogP) is -1.91. The number of methoxy groups -OCH3 is 1. The van der Waals surface area contributed by atoms with Gasteiger partial charge in [0.25, 0.3) is 5.91 Å². The number of benzene rings is 1. The number of rotatable bonds is 2. The molecule has 0 aromatic heterocycles. The lowest BCUT2D eigenvalue weighted by Crippen LogP contribution is -3.00. The number of halogens is 1. The molecule has 0 saturated carbocycles. The minimum absolute atomic E-state index is 0. The smallest absolute Gasteiger partial charge is 0.253 e. The summed E-state index contributed by atoms with van der Waals surface area (Å²) in [7, 11) is 3.70. The number of nitrogens with zero attached hydrogens (tertiary/aromatic N) is 2. The van der Waals surface area contributed by atoms with Crippen molar-refractivity contribution in [2.45, 2.75) is 0 Å². The van der Waals surface area contributed by atoms with Crippen LogP contribution in [0.4, 0.5) is 0 Å². The van der Waals surface area contributed by atoms with Gasteiger partial charge in [0.15, 0.2) is 0 Å². The monoisotopic (exact) mass is 269 g/mol. The zero-order chi connectivity index (χ0) is 12.3. The Kier molecular flexibility index (Phi) is 5.44. The summed E-state index contributed by atoms with van der Waals surface area (Å²) < 4.78 is 5.08. The second-order valence-electron chi connectivity index (χ2n) is 4.32. The van der Waals surface area contributed by atoms with Gasteiger partial charge in [-0.2, -0.15) is 0 Å². The quantitative estimate of drug-likeness (QED) is 0.628. The van der Waals surface area contributed by atoms with Crippen LogP contribution in [0.15, 0.2) is 24.3 Å². The summed E-state index contributed by atoms with van der Waals surface area (Å²) in [5.41, 5.74) is 0.732. The first-order chi connectivity index (χ1) is 8.20. The number of likely N-dealkylation sites (N-methyl/N-ethyl adjacent to an activating group) is 1. The van der Waals surface area contributed by atoms with E-state index in [9.17, 15) is 4.79 Å². The molecule has 0 radical (unpaired) electrons. The van der Waals surface area contributed by atoms with Crippen LogP contribution in [0.3, 0.4) is 0 Å². The van der Waals surface area contributed by atoms with E-state index in [0.29, 0.717) is 0 Å². The largest absolute Gasteiger partial charge is 1.00 e. The zero-order valence-corrected chi connectivity index (χ0v) is 11.5. The van der Waals surface area contributed by atoms with Crippen LogP contribution in [0.25, 0.3) is 0 Å². The fourth-order valence-corrected chi connectivity index (χ4v) is 1.93. The van der Waals surface area contributed by atoms with Crippen LogP contribution in [-0.4, -0.2) is 56.0 Å². The number of ether oxygens (including phenoxy) is 1. The van der Waals surface area contributed by atoms with Crippen LogP contribution in [0.2, 0.25) is 0 Å². The molecule has 2 rings (SSSR count). The number of hydrogen-bond donors (Lipinski definition) is 0. The first kappa shape index (κ1) is 14.8. The van der Waals surface area contributed by atoms with E-state index in [1.165, 1.54) is 0 Å². The number of amides is 1. The van der Waals surface area contributed by atoms with E-state index in [1.54, 1.807) is 7.11 Å². The highest BCUT2D eigenvalue weighted by atomic mass is 35.5. The first-order valence-electron chi connectivity index (χ1n) is 5.82. The lowest BCUT2D eigenvalue weighted by Gasteiger charge is -2.32. The van der Waals surface area contributed by atoms with Gasteiger partial charge in [0.2, 0.25) is 0 Å². The van der Waals surface area contributed by atoms with Crippen LogP contribution in [0.5, 0.6) is 5.75 Å². The average Bonchev–Trinajstić information content (AvgIpc) is 2.39. The van der Waals surface area contributed by atoms with Crippen molar-refractivity contribution in [1.82, 2.24) is 9.80 Å². The van der Waals surface area contributed by atoms with Gasteiger partial charge in [-0.3, -0.25) is 4.79 Å². The maximum Gasteiger partial charge on any atom is 0.253 e. The molecule has 0 spiro atoms. The molecule has 4 nitrogen and oxygen atoms in total. The highest BCUT2D eigenvalue weighted by Crippen LogP contribution is 2.13. The molecule has 0 atom stereocenters. The second kappa shape index (κ2) is 6.61. The zero-order valence-electron chi connectivity index (χ0n) is 10.7. The van der Waals surface area contributed by atoms with Crippen molar-refractivity contribution in [3.8, 4) is 5.75 Å². The van der Waals surface area contributed by atoms with Crippen LogP contribution >= 0.6 is 0 Å². The molecule has 1 saturated heterocycles. The van der Waals surface area contributed by atoms with Gasteiger partial charge in [0.1, 0.15) is 5.75 Å². The van der Waals surface area contributed by atoms with Crippen LogP contribution in [0.1, 0.15) is 10.4 Å². The Bertz CT molecular complexity index is 386. The molecule has 1 amide bonds.